The van der Waals surface area contributed by atoms with E-state index >= 15 is 0 Å². The second-order valence-corrected chi connectivity index (χ2v) is 6.07. The molecule has 0 aromatic heterocycles. The molecule has 0 spiro atoms. The van der Waals surface area contributed by atoms with Gasteiger partial charge in [-0.15, -0.1) is 0 Å². The summed E-state index contributed by atoms with van der Waals surface area (Å²) in [6, 6.07) is 3.90. The van der Waals surface area contributed by atoms with Crippen molar-refractivity contribution in [2.45, 2.75) is 19.3 Å². The van der Waals surface area contributed by atoms with Crippen LogP contribution in [0.3, 0.4) is 0 Å². The third-order valence-electron chi connectivity index (χ3n) is 3.33. The number of carbonyl (C=O) groups excluding carboxylic acids is 1. The van der Waals surface area contributed by atoms with Gasteiger partial charge in [-0.3, -0.25) is 4.79 Å². The van der Waals surface area contributed by atoms with Crippen molar-refractivity contribution in [3.8, 4) is 5.75 Å². The van der Waals surface area contributed by atoms with E-state index in [4.69, 9.17) is 5.11 Å². The molecule has 0 saturated carbocycles. The van der Waals surface area contributed by atoms with Crippen LogP contribution in [-0.4, -0.2) is 33.6 Å². The fraction of sp³-hybridized carbons (Fsp3) is 0.429. The number of carbonyl (C=O) groups is 2. The van der Waals surface area contributed by atoms with E-state index in [1.54, 1.807) is 0 Å². The van der Waals surface area contributed by atoms with Crippen LogP contribution in [0.5, 0.6) is 5.75 Å². The molecule has 1 aliphatic heterocycles. The largest absolute Gasteiger partial charge is 0.506 e. The molecule has 1 aromatic rings. The smallest absolute Gasteiger partial charge is 0.335 e. The predicted octanol–water partition coefficient (Wildman–Crippen LogP) is 2.56. The standard InChI is InChI=1S/C14H17NO4S/c16-12-8-10(14(18)19)1-2-11(12)15-13(17)7-9-3-5-20-6-4-9/h1-2,8-9,16H,3-7H2,(H,15,17)(H,18,19). The quantitative estimate of drug-likeness (QED) is 0.743. The van der Waals surface area contributed by atoms with Gasteiger partial charge in [0.1, 0.15) is 5.75 Å². The fourth-order valence-corrected chi connectivity index (χ4v) is 3.39. The lowest BCUT2D eigenvalue weighted by atomic mass is 9.98. The number of hydrogen-bond acceptors (Lipinski definition) is 4. The molecule has 1 aromatic carbocycles. The monoisotopic (exact) mass is 295 g/mol. The molecule has 0 radical (unpaired) electrons. The molecule has 1 saturated heterocycles. The van der Waals surface area contributed by atoms with Gasteiger partial charge < -0.3 is 15.5 Å². The molecule has 2 rings (SSSR count). The summed E-state index contributed by atoms with van der Waals surface area (Å²) in [5.41, 5.74) is 0.245. The van der Waals surface area contributed by atoms with E-state index in [9.17, 15) is 14.7 Å². The van der Waals surface area contributed by atoms with Gasteiger partial charge in [0.25, 0.3) is 0 Å². The number of amides is 1. The van der Waals surface area contributed by atoms with Gasteiger partial charge >= 0.3 is 5.97 Å². The number of nitrogens with one attached hydrogen (secondary N) is 1. The Morgan fingerprint density at radius 1 is 1.30 bits per heavy atom. The number of benzene rings is 1. The van der Waals surface area contributed by atoms with Gasteiger partial charge in [0.2, 0.25) is 5.91 Å². The first-order valence-corrected chi connectivity index (χ1v) is 7.65. The zero-order valence-corrected chi connectivity index (χ0v) is 11.8. The van der Waals surface area contributed by atoms with Crippen LogP contribution in [0.1, 0.15) is 29.6 Å². The molecule has 1 aliphatic rings. The van der Waals surface area contributed by atoms with E-state index in [2.05, 4.69) is 5.32 Å². The molecule has 1 amide bonds. The van der Waals surface area contributed by atoms with Gasteiger partial charge in [0.05, 0.1) is 11.3 Å². The van der Waals surface area contributed by atoms with Crippen molar-refractivity contribution in [1.82, 2.24) is 0 Å². The Labute approximate surface area is 121 Å². The predicted molar refractivity (Wildman–Crippen MR) is 78.4 cm³/mol. The highest BCUT2D eigenvalue weighted by Gasteiger charge is 2.18. The highest BCUT2D eigenvalue weighted by Crippen LogP contribution is 2.27. The van der Waals surface area contributed by atoms with Gasteiger partial charge in [0, 0.05) is 6.42 Å². The van der Waals surface area contributed by atoms with E-state index < -0.39 is 5.97 Å². The van der Waals surface area contributed by atoms with Crippen LogP contribution in [0.2, 0.25) is 0 Å². The molecular weight excluding hydrogens is 278 g/mol. The SMILES string of the molecule is O=C(CC1CCSCC1)Nc1ccc(C(=O)O)cc1O. The highest BCUT2D eigenvalue weighted by atomic mass is 32.2. The third-order valence-corrected chi connectivity index (χ3v) is 4.38. The van der Waals surface area contributed by atoms with Crippen molar-refractivity contribution in [2.75, 3.05) is 16.8 Å². The van der Waals surface area contributed by atoms with Crippen LogP contribution in [-0.2, 0) is 4.79 Å². The lowest BCUT2D eigenvalue weighted by Gasteiger charge is -2.20. The summed E-state index contributed by atoms with van der Waals surface area (Å²) in [5, 5.41) is 21.1. The highest BCUT2D eigenvalue weighted by molar-refractivity contribution is 7.99. The Kier molecular flexibility index (Phi) is 4.89. The molecule has 3 N–H and O–H groups in total. The average molecular weight is 295 g/mol. The number of thioether (sulfide) groups is 1. The fourth-order valence-electron chi connectivity index (χ4n) is 2.18. The summed E-state index contributed by atoms with van der Waals surface area (Å²) in [7, 11) is 0. The summed E-state index contributed by atoms with van der Waals surface area (Å²) in [4.78, 5) is 22.7. The minimum Gasteiger partial charge on any atom is -0.506 e. The number of carboxylic acid groups (broad SMARTS) is 1. The maximum atomic E-state index is 11.9. The molecule has 108 valence electrons. The first-order chi connectivity index (χ1) is 9.56. The third kappa shape index (κ3) is 3.90. The Morgan fingerprint density at radius 2 is 2.00 bits per heavy atom. The van der Waals surface area contributed by atoms with Gasteiger partial charge in [-0.05, 0) is 48.5 Å². The first kappa shape index (κ1) is 14.7. The minimum absolute atomic E-state index is 0.00944. The lowest BCUT2D eigenvalue weighted by Crippen LogP contribution is -2.19. The number of rotatable bonds is 4. The molecule has 20 heavy (non-hydrogen) atoms. The van der Waals surface area contributed by atoms with Crippen LogP contribution in [0.25, 0.3) is 0 Å². The second kappa shape index (κ2) is 6.65. The van der Waals surface area contributed by atoms with Crippen molar-refractivity contribution in [2.24, 2.45) is 5.92 Å². The zero-order valence-electron chi connectivity index (χ0n) is 11.0. The number of phenolic OH excluding ortho intramolecular Hbond substituents is 1. The van der Waals surface area contributed by atoms with Crippen LogP contribution < -0.4 is 5.32 Å². The Hall–Kier alpha value is -1.69. The number of carboxylic acids is 1. The number of phenols is 1. The number of aromatic carboxylic acids is 1. The molecule has 0 bridgehead atoms. The Bertz CT molecular complexity index is 512. The van der Waals surface area contributed by atoms with Crippen molar-refractivity contribution < 1.29 is 19.8 Å². The maximum Gasteiger partial charge on any atom is 0.335 e. The molecule has 0 unspecified atom stereocenters. The number of anilines is 1. The van der Waals surface area contributed by atoms with E-state index in [0.29, 0.717) is 12.3 Å². The van der Waals surface area contributed by atoms with Crippen molar-refractivity contribution in [3.63, 3.8) is 0 Å². The lowest BCUT2D eigenvalue weighted by molar-refractivity contribution is -0.117. The number of hydrogen-bond donors (Lipinski definition) is 3. The second-order valence-electron chi connectivity index (χ2n) is 4.85. The van der Waals surface area contributed by atoms with Crippen LogP contribution >= 0.6 is 11.8 Å². The van der Waals surface area contributed by atoms with Gasteiger partial charge in [-0.2, -0.15) is 11.8 Å². The molecule has 0 atom stereocenters. The topological polar surface area (TPSA) is 86.6 Å². The van der Waals surface area contributed by atoms with Crippen molar-refractivity contribution in [1.29, 1.82) is 0 Å². The zero-order chi connectivity index (χ0) is 14.5. The van der Waals surface area contributed by atoms with Gasteiger partial charge in [0.15, 0.2) is 0 Å². The van der Waals surface area contributed by atoms with Crippen LogP contribution in [0.4, 0.5) is 5.69 Å². The van der Waals surface area contributed by atoms with Crippen LogP contribution in [0.15, 0.2) is 18.2 Å². The Morgan fingerprint density at radius 3 is 2.60 bits per heavy atom. The maximum absolute atomic E-state index is 11.9. The summed E-state index contributed by atoms with van der Waals surface area (Å²) in [6.45, 7) is 0. The average Bonchev–Trinajstić information content (AvgIpc) is 2.42. The number of aromatic hydroxyl groups is 1. The first-order valence-electron chi connectivity index (χ1n) is 6.50. The minimum atomic E-state index is -1.11. The van der Waals surface area contributed by atoms with Gasteiger partial charge in [-0.1, -0.05) is 0 Å². The molecule has 6 heteroatoms. The van der Waals surface area contributed by atoms with E-state index in [0.717, 1.165) is 30.4 Å². The van der Waals surface area contributed by atoms with Crippen molar-refractivity contribution in [3.05, 3.63) is 23.8 Å². The Balaban J connectivity index is 1.95. The van der Waals surface area contributed by atoms with E-state index in [1.165, 1.54) is 12.1 Å². The molecule has 1 fully saturated rings. The molecule has 1 heterocycles. The summed E-state index contributed by atoms with van der Waals surface area (Å²) in [6.07, 6.45) is 2.53. The van der Waals surface area contributed by atoms with Gasteiger partial charge in [-0.25, -0.2) is 4.79 Å². The summed E-state index contributed by atoms with van der Waals surface area (Å²) < 4.78 is 0. The normalized spacial score (nSPS) is 15.8. The molecule has 0 aliphatic carbocycles. The molecule has 5 nitrogen and oxygen atoms in total. The van der Waals surface area contributed by atoms with E-state index in [-0.39, 0.29) is 22.9 Å². The van der Waals surface area contributed by atoms with Crippen molar-refractivity contribution >= 4 is 29.3 Å². The molecular formula is C14H17NO4S. The summed E-state index contributed by atoms with van der Waals surface area (Å²) >= 11 is 1.91. The van der Waals surface area contributed by atoms with E-state index in [1.807, 2.05) is 11.8 Å². The summed E-state index contributed by atoms with van der Waals surface area (Å²) in [5.74, 6) is 1.11. The van der Waals surface area contributed by atoms with Crippen LogP contribution in [0, 0.1) is 5.92 Å².